The van der Waals surface area contributed by atoms with Gasteiger partial charge in [0.2, 0.25) is 0 Å². The van der Waals surface area contributed by atoms with Crippen LogP contribution in [0.25, 0.3) is 0 Å². The van der Waals surface area contributed by atoms with E-state index >= 15 is 0 Å². The predicted molar refractivity (Wildman–Crippen MR) is 101 cm³/mol. The molecule has 0 spiro atoms. The molecule has 1 aromatic carbocycles. The summed E-state index contributed by atoms with van der Waals surface area (Å²) < 4.78 is 29.1. The van der Waals surface area contributed by atoms with Gasteiger partial charge in [-0.1, -0.05) is 6.07 Å². The zero-order chi connectivity index (χ0) is 17.6. The van der Waals surface area contributed by atoms with Crippen molar-refractivity contribution in [1.82, 2.24) is 10.1 Å². The van der Waals surface area contributed by atoms with Crippen LogP contribution < -0.4 is 16.6 Å². The standard InChI is InChI=1S/C18H21N3O3S.H3N/c1-12-5-4-10-21(12)25(23,24)20-18(22)19-17-15-8-2-6-13(15)11-14-7-3-9-16(14)17;/h4-5,10-11H,2-3,6-9H2,1H3,(H2,19,20,22);1H3. The minimum atomic E-state index is -4.07. The molecule has 4 rings (SSSR count). The normalized spacial score (nSPS) is 16.1. The summed E-state index contributed by atoms with van der Waals surface area (Å²) in [6.45, 7) is 1.65. The van der Waals surface area contributed by atoms with Crippen molar-refractivity contribution in [3.63, 3.8) is 0 Å². The van der Waals surface area contributed by atoms with Gasteiger partial charge in [-0.05, 0) is 79.8 Å². The Balaban J connectivity index is 0.00000196. The summed E-state index contributed by atoms with van der Waals surface area (Å²) in [6, 6.07) is 4.69. The molecule has 26 heavy (non-hydrogen) atoms. The minimum absolute atomic E-state index is 0. The van der Waals surface area contributed by atoms with Crippen LogP contribution in [-0.2, 0) is 35.9 Å². The van der Waals surface area contributed by atoms with E-state index in [0.717, 1.165) is 59.3 Å². The van der Waals surface area contributed by atoms with Crippen molar-refractivity contribution in [3.8, 4) is 0 Å². The SMILES string of the molecule is Cc1cccn1S(=O)(=O)N=C([O-])Nc1c2c(cc3c1CCC3)CCC2.[NH4+]. The molecule has 0 aliphatic heterocycles. The van der Waals surface area contributed by atoms with Crippen LogP contribution in [0, 0.1) is 6.92 Å². The number of aryl methyl sites for hydroxylation is 3. The largest absolute Gasteiger partial charge is 0.845 e. The molecular formula is C18H24N4O3S. The first-order valence-corrected chi connectivity index (χ1v) is 9.95. The highest BCUT2D eigenvalue weighted by atomic mass is 32.2. The van der Waals surface area contributed by atoms with E-state index in [0.29, 0.717) is 5.69 Å². The maximum atomic E-state index is 12.4. The van der Waals surface area contributed by atoms with Crippen molar-refractivity contribution in [1.29, 1.82) is 0 Å². The van der Waals surface area contributed by atoms with Gasteiger partial charge in [-0.3, -0.25) is 0 Å². The van der Waals surface area contributed by atoms with Gasteiger partial charge in [0.05, 0.1) is 6.02 Å². The Bertz CT molecular complexity index is 944. The van der Waals surface area contributed by atoms with E-state index < -0.39 is 16.2 Å². The average Bonchev–Trinajstić information content (AvgIpc) is 3.25. The number of anilines is 1. The summed E-state index contributed by atoms with van der Waals surface area (Å²) in [5, 5.41) is 15.1. The summed E-state index contributed by atoms with van der Waals surface area (Å²) in [6.07, 6.45) is 7.40. The minimum Gasteiger partial charge on any atom is -0.845 e. The fourth-order valence-electron chi connectivity index (χ4n) is 3.96. The molecule has 8 heteroatoms. The van der Waals surface area contributed by atoms with Gasteiger partial charge >= 0.3 is 10.2 Å². The Hall–Kier alpha value is -2.32. The fraction of sp³-hybridized carbons (Fsp3) is 0.389. The van der Waals surface area contributed by atoms with Crippen LogP contribution in [0.1, 0.15) is 40.8 Å². The first kappa shape index (κ1) is 18.5. The summed E-state index contributed by atoms with van der Waals surface area (Å²) in [4.78, 5) is 0. The average molecular weight is 376 g/mol. The second kappa shape index (κ2) is 6.77. The molecule has 1 heterocycles. The number of hydrogen-bond acceptors (Lipinski definition) is 3. The number of amidine groups is 1. The van der Waals surface area contributed by atoms with Gasteiger partial charge in [0.15, 0.2) is 0 Å². The number of rotatable bonds is 3. The molecule has 0 amide bonds. The molecule has 0 atom stereocenters. The van der Waals surface area contributed by atoms with E-state index in [4.69, 9.17) is 0 Å². The van der Waals surface area contributed by atoms with Crippen LogP contribution >= 0.6 is 0 Å². The first-order chi connectivity index (χ1) is 12.0. The third kappa shape index (κ3) is 3.10. The van der Waals surface area contributed by atoms with Gasteiger partial charge in [-0.2, -0.15) is 8.42 Å². The van der Waals surface area contributed by atoms with Gasteiger partial charge in [0.1, 0.15) is 0 Å². The van der Waals surface area contributed by atoms with Gasteiger partial charge in [-0.15, -0.1) is 4.40 Å². The number of nitrogens with zero attached hydrogens (tertiary/aromatic N) is 2. The summed E-state index contributed by atoms with van der Waals surface area (Å²) >= 11 is 0. The van der Waals surface area contributed by atoms with Crippen molar-refractivity contribution < 1.29 is 13.5 Å². The molecule has 0 unspecified atom stereocenters. The van der Waals surface area contributed by atoms with Crippen LogP contribution in [-0.4, -0.2) is 18.4 Å². The highest BCUT2D eigenvalue weighted by Crippen LogP contribution is 2.38. The smallest absolute Gasteiger partial charge is 0.349 e. The highest BCUT2D eigenvalue weighted by Gasteiger charge is 2.24. The summed E-state index contributed by atoms with van der Waals surface area (Å²) in [5.74, 6) is 0. The number of hydrogen-bond donors (Lipinski definition) is 2. The van der Waals surface area contributed by atoms with E-state index in [1.54, 1.807) is 19.1 Å². The van der Waals surface area contributed by atoms with Gasteiger partial charge < -0.3 is 16.6 Å². The number of aromatic nitrogens is 1. The van der Waals surface area contributed by atoms with Crippen molar-refractivity contribution in [2.45, 2.75) is 45.4 Å². The Morgan fingerprint density at radius 1 is 1.15 bits per heavy atom. The molecule has 140 valence electrons. The molecule has 2 aromatic rings. The molecular weight excluding hydrogens is 352 g/mol. The number of quaternary nitrogens is 1. The molecule has 0 radical (unpaired) electrons. The molecule has 0 fully saturated rings. The Morgan fingerprint density at radius 2 is 1.77 bits per heavy atom. The van der Waals surface area contributed by atoms with Crippen LogP contribution in [0.3, 0.4) is 0 Å². The Kier molecular flexibility index (Phi) is 4.81. The van der Waals surface area contributed by atoms with Crippen molar-refractivity contribution in [2.75, 3.05) is 5.32 Å². The lowest BCUT2D eigenvalue weighted by molar-refractivity contribution is -0.213. The topological polar surface area (TPSA) is 123 Å². The number of fused-ring (bicyclic) bond motifs is 2. The predicted octanol–water partition coefficient (Wildman–Crippen LogP) is 2.07. The molecule has 7 nitrogen and oxygen atoms in total. The molecule has 0 bridgehead atoms. The monoisotopic (exact) mass is 376 g/mol. The second-order valence-electron chi connectivity index (χ2n) is 6.68. The lowest BCUT2D eigenvalue weighted by Crippen LogP contribution is -2.30. The molecule has 0 saturated carbocycles. The molecule has 1 aromatic heterocycles. The van der Waals surface area contributed by atoms with Crippen molar-refractivity contribution >= 4 is 21.9 Å². The third-order valence-electron chi connectivity index (χ3n) is 5.06. The van der Waals surface area contributed by atoms with Crippen LogP contribution in [0.4, 0.5) is 5.69 Å². The summed E-state index contributed by atoms with van der Waals surface area (Å²) in [7, 11) is -4.07. The van der Waals surface area contributed by atoms with Crippen molar-refractivity contribution in [2.24, 2.45) is 4.40 Å². The Labute approximate surface area is 153 Å². The van der Waals surface area contributed by atoms with Gasteiger partial charge in [0.25, 0.3) is 0 Å². The second-order valence-corrected chi connectivity index (χ2v) is 8.15. The Morgan fingerprint density at radius 3 is 2.31 bits per heavy atom. The first-order valence-electron chi connectivity index (χ1n) is 8.55. The van der Waals surface area contributed by atoms with E-state index in [2.05, 4.69) is 15.8 Å². The lowest BCUT2D eigenvalue weighted by Gasteiger charge is -2.20. The van der Waals surface area contributed by atoms with Crippen molar-refractivity contribution in [3.05, 3.63) is 52.3 Å². The fourth-order valence-corrected chi connectivity index (χ4v) is 4.95. The van der Waals surface area contributed by atoms with Crippen LogP contribution in [0.5, 0.6) is 0 Å². The van der Waals surface area contributed by atoms with E-state index in [9.17, 15) is 13.5 Å². The highest BCUT2D eigenvalue weighted by molar-refractivity contribution is 7.88. The van der Waals surface area contributed by atoms with Crippen LogP contribution in [0.2, 0.25) is 0 Å². The molecule has 2 aliphatic rings. The quantitative estimate of drug-likeness (QED) is 0.628. The maximum Gasteiger partial charge on any atom is 0.349 e. The summed E-state index contributed by atoms with van der Waals surface area (Å²) in [5.41, 5.74) is 6.17. The zero-order valence-electron chi connectivity index (χ0n) is 15.1. The molecule has 5 N–H and O–H groups in total. The van der Waals surface area contributed by atoms with E-state index in [1.807, 2.05) is 0 Å². The lowest BCUT2D eigenvalue weighted by atomic mass is 9.99. The zero-order valence-corrected chi connectivity index (χ0v) is 15.9. The van der Waals surface area contributed by atoms with Gasteiger partial charge in [0, 0.05) is 17.6 Å². The molecule has 2 aliphatic carbocycles. The number of benzene rings is 1. The molecule has 0 saturated heterocycles. The van der Waals surface area contributed by atoms with Gasteiger partial charge in [-0.25, -0.2) is 3.97 Å². The van der Waals surface area contributed by atoms with Crippen LogP contribution in [0.15, 0.2) is 28.8 Å². The number of nitrogens with one attached hydrogen (secondary N) is 1. The van der Waals surface area contributed by atoms with E-state index in [1.165, 1.54) is 17.3 Å². The van der Waals surface area contributed by atoms with E-state index in [-0.39, 0.29) is 6.15 Å². The maximum absolute atomic E-state index is 12.4. The third-order valence-corrected chi connectivity index (χ3v) is 6.36.